The Morgan fingerprint density at radius 1 is 1.33 bits per heavy atom. The molecular formula is C6H6FNaO7. The molecule has 0 saturated carbocycles. The van der Waals surface area contributed by atoms with E-state index in [9.17, 15) is 23.9 Å². The third-order valence-electron chi connectivity index (χ3n) is 1.42. The smallest absolute Gasteiger partial charge is 0.550 e. The quantitative estimate of drug-likeness (QED) is 0.402. The fourth-order valence-corrected chi connectivity index (χ4v) is 0.698. The molecule has 0 aliphatic carbocycles. The van der Waals surface area contributed by atoms with Gasteiger partial charge in [-0.2, -0.15) is 0 Å². The Morgan fingerprint density at radius 2 is 1.73 bits per heavy atom. The van der Waals surface area contributed by atoms with Crippen molar-refractivity contribution in [3.05, 3.63) is 0 Å². The summed E-state index contributed by atoms with van der Waals surface area (Å²) in [5.74, 6) is -6.62. The number of rotatable bonds is 5. The second kappa shape index (κ2) is 6.01. The van der Waals surface area contributed by atoms with Crippen LogP contribution in [-0.4, -0.2) is 45.0 Å². The van der Waals surface area contributed by atoms with E-state index >= 15 is 0 Å². The zero-order valence-corrected chi connectivity index (χ0v) is 9.64. The molecule has 3 N–H and O–H groups in total. The van der Waals surface area contributed by atoms with Crippen molar-refractivity contribution in [1.29, 1.82) is 0 Å². The van der Waals surface area contributed by atoms with E-state index < -0.39 is 36.1 Å². The topological polar surface area (TPSA) is 135 Å². The van der Waals surface area contributed by atoms with Crippen LogP contribution in [0.4, 0.5) is 4.39 Å². The molecule has 2 atom stereocenters. The molecule has 0 fully saturated rings. The Kier molecular flexibility index (Phi) is 6.70. The molecule has 0 aliphatic heterocycles. The minimum atomic E-state index is -3.51. The number of alkyl halides is 1. The first-order chi connectivity index (χ1) is 6.21. The largest absolute Gasteiger partial charge is 1.00 e. The van der Waals surface area contributed by atoms with E-state index in [-0.39, 0.29) is 29.6 Å². The molecule has 7 nitrogen and oxygen atoms in total. The molecule has 15 heavy (non-hydrogen) atoms. The maximum Gasteiger partial charge on any atom is 1.00 e. The summed E-state index contributed by atoms with van der Waals surface area (Å²) in [6, 6.07) is 0. The van der Waals surface area contributed by atoms with Gasteiger partial charge in [-0.05, 0) is 0 Å². The standard InChI is InChI=1S/C6H7FO7.Na/c7-3(4(10)11)6(14,5(12)13)1-2(8)9;/h3,14H,1H2,(H,8,9)(H,10,11)(H,12,13);/q;+1/p-1. The molecule has 0 bridgehead atoms. The molecule has 2 unspecified atom stereocenters. The van der Waals surface area contributed by atoms with Gasteiger partial charge in [-0.3, -0.25) is 0 Å². The van der Waals surface area contributed by atoms with Crippen molar-refractivity contribution in [3.63, 3.8) is 0 Å². The number of halogens is 1. The summed E-state index contributed by atoms with van der Waals surface area (Å²) in [5.41, 5.74) is -3.51. The van der Waals surface area contributed by atoms with Gasteiger partial charge in [0.1, 0.15) is 0 Å². The summed E-state index contributed by atoms with van der Waals surface area (Å²) >= 11 is 0. The number of hydrogen-bond acceptors (Lipinski definition) is 5. The first kappa shape index (κ1) is 16.7. The Morgan fingerprint density at radius 3 is 1.93 bits per heavy atom. The molecule has 0 spiro atoms. The third-order valence-corrected chi connectivity index (χ3v) is 1.42. The van der Waals surface area contributed by atoms with Crippen molar-refractivity contribution in [2.75, 3.05) is 0 Å². The molecule has 0 aromatic carbocycles. The van der Waals surface area contributed by atoms with Gasteiger partial charge in [0, 0.05) is 12.4 Å². The molecule has 80 valence electrons. The first-order valence-electron chi connectivity index (χ1n) is 3.24. The molecule has 9 heteroatoms. The molecule has 0 heterocycles. The van der Waals surface area contributed by atoms with Crippen LogP contribution < -0.4 is 34.7 Å². The van der Waals surface area contributed by atoms with E-state index in [0.717, 1.165) is 0 Å². The SMILES string of the molecule is O=C([O-])CC(O)(C(=O)O)C(F)C(=O)O.[Na+]. The van der Waals surface area contributed by atoms with E-state index in [4.69, 9.17) is 15.3 Å². The van der Waals surface area contributed by atoms with Gasteiger partial charge in [0.25, 0.3) is 0 Å². The summed E-state index contributed by atoms with van der Waals surface area (Å²) in [7, 11) is 0. The Hall–Kier alpha value is -0.700. The number of aliphatic hydroxyl groups is 1. The molecular weight excluding hydrogens is 226 g/mol. The second-order valence-corrected chi connectivity index (χ2v) is 2.48. The summed E-state index contributed by atoms with van der Waals surface area (Å²) in [5, 5.41) is 35.2. The maximum atomic E-state index is 12.7. The van der Waals surface area contributed by atoms with Crippen molar-refractivity contribution < 1.29 is 68.8 Å². The molecule has 0 radical (unpaired) electrons. The Bertz CT molecular complexity index is 281. The predicted octanol–water partition coefficient (Wildman–Crippen LogP) is -5.63. The number of carboxylic acid groups (broad SMARTS) is 3. The van der Waals surface area contributed by atoms with Gasteiger partial charge in [0.2, 0.25) is 11.8 Å². The minimum Gasteiger partial charge on any atom is -0.550 e. The van der Waals surface area contributed by atoms with Gasteiger partial charge < -0.3 is 25.2 Å². The van der Waals surface area contributed by atoms with E-state index in [1.54, 1.807) is 0 Å². The van der Waals surface area contributed by atoms with E-state index in [0.29, 0.717) is 0 Å². The van der Waals surface area contributed by atoms with Crippen LogP contribution in [0, 0.1) is 0 Å². The van der Waals surface area contributed by atoms with Crippen LogP contribution in [0.3, 0.4) is 0 Å². The van der Waals surface area contributed by atoms with Crippen molar-refractivity contribution in [2.45, 2.75) is 18.2 Å². The molecule has 0 aromatic heterocycles. The fraction of sp³-hybridized carbons (Fsp3) is 0.500. The maximum absolute atomic E-state index is 12.7. The molecule has 0 aromatic rings. The van der Waals surface area contributed by atoms with Crippen LogP contribution in [0.25, 0.3) is 0 Å². The van der Waals surface area contributed by atoms with Crippen LogP contribution in [0.1, 0.15) is 6.42 Å². The summed E-state index contributed by atoms with van der Waals surface area (Å²) < 4.78 is 12.7. The van der Waals surface area contributed by atoms with Crippen LogP contribution in [0.2, 0.25) is 0 Å². The zero-order chi connectivity index (χ0) is 11.5. The number of hydrogen-bond donors (Lipinski definition) is 3. The van der Waals surface area contributed by atoms with Gasteiger partial charge in [-0.15, -0.1) is 0 Å². The van der Waals surface area contributed by atoms with Gasteiger partial charge >= 0.3 is 41.5 Å². The van der Waals surface area contributed by atoms with Gasteiger partial charge in [-0.1, -0.05) is 0 Å². The molecule has 0 aliphatic rings. The average Bonchev–Trinajstić information content (AvgIpc) is 2.00. The van der Waals surface area contributed by atoms with Crippen molar-refractivity contribution >= 4 is 17.9 Å². The normalized spacial score (nSPS) is 15.6. The van der Waals surface area contributed by atoms with E-state index in [1.165, 1.54) is 0 Å². The monoisotopic (exact) mass is 232 g/mol. The van der Waals surface area contributed by atoms with Gasteiger partial charge in [-0.25, -0.2) is 14.0 Å². The Balaban J connectivity index is 0. The predicted molar refractivity (Wildman–Crippen MR) is 34.7 cm³/mol. The molecule has 0 rings (SSSR count). The van der Waals surface area contributed by atoms with E-state index in [2.05, 4.69) is 0 Å². The van der Waals surface area contributed by atoms with Gasteiger partial charge in [0.05, 0.1) is 0 Å². The van der Waals surface area contributed by atoms with Crippen molar-refractivity contribution in [3.8, 4) is 0 Å². The van der Waals surface area contributed by atoms with Crippen LogP contribution in [0.5, 0.6) is 0 Å². The van der Waals surface area contributed by atoms with Crippen molar-refractivity contribution in [2.24, 2.45) is 0 Å². The third kappa shape index (κ3) is 4.12. The zero-order valence-electron chi connectivity index (χ0n) is 7.64. The van der Waals surface area contributed by atoms with Crippen LogP contribution in [0.15, 0.2) is 0 Å². The summed E-state index contributed by atoms with van der Waals surface area (Å²) in [6.45, 7) is 0. The van der Waals surface area contributed by atoms with Crippen LogP contribution >= 0.6 is 0 Å². The summed E-state index contributed by atoms with van der Waals surface area (Å²) in [6.07, 6.45) is -4.88. The number of carbonyl (C=O) groups excluding carboxylic acids is 1. The van der Waals surface area contributed by atoms with Gasteiger partial charge in [0.15, 0.2) is 0 Å². The van der Waals surface area contributed by atoms with Crippen LogP contribution in [-0.2, 0) is 14.4 Å². The van der Waals surface area contributed by atoms with E-state index in [1.807, 2.05) is 0 Å². The number of carbonyl (C=O) groups is 3. The van der Waals surface area contributed by atoms with Crippen molar-refractivity contribution in [1.82, 2.24) is 0 Å². The molecule has 0 amide bonds. The number of aliphatic carboxylic acids is 3. The first-order valence-corrected chi connectivity index (χ1v) is 3.24. The number of carboxylic acids is 3. The second-order valence-electron chi connectivity index (χ2n) is 2.48. The molecule has 0 saturated heterocycles. The average molecular weight is 232 g/mol. The Labute approximate surface area is 105 Å². The minimum absolute atomic E-state index is 0. The fourth-order valence-electron chi connectivity index (χ4n) is 0.698. The summed E-state index contributed by atoms with van der Waals surface area (Å²) in [4.78, 5) is 30.2.